The van der Waals surface area contributed by atoms with Crippen LogP contribution in [0.2, 0.25) is 40.5 Å². The summed E-state index contributed by atoms with van der Waals surface area (Å²) >= 11 is -1.98. The molecule has 0 aromatic carbocycles. The summed E-state index contributed by atoms with van der Waals surface area (Å²) in [5.41, 5.74) is 0. The number of rotatable bonds is 8. The first-order valence-corrected chi connectivity index (χ1v) is 21.5. The second-order valence-electron chi connectivity index (χ2n) is 7.89. The third-order valence-corrected chi connectivity index (χ3v) is 12.0. The van der Waals surface area contributed by atoms with Crippen LogP contribution in [0.15, 0.2) is 21.2 Å². The van der Waals surface area contributed by atoms with Gasteiger partial charge in [0.1, 0.15) is 0 Å². The zero-order valence-corrected chi connectivity index (χ0v) is 18.7. The number of methoxy groups -OCH3 is 1. The number of allylic oxidation sites excluding steroid dienone is 3. The fourth-order valence-electron chi connectivity index (χ4n) is 2.14. The molecule has 0 saturated carbocycles. The Morgan fingerprint density at radius 3 is 2.33 bits per heavy atom. The topological polar surface area (TPSA) is 27.7 Å². The van der Waals surface area contributed by atoms with Crippen LogP contribution in [0.1, 0.15) is 12.8 Å². The van der Waals surface area contributed by atoms with Crippen LogP contribution in [0.25, 0.3) is 0 Å². The van der Waals surface area contributed by atoms with Crippen molar-refractivity contribution >= 4 is 26.5 Å². The van der Waals surface area contributed by atoms with Gasteiger partial charge in [-0.1, -0.05) is 0 Å². The molecule has 122 valence electrons. The molecular formula is C16H32O3SiSn. The summed E-state index contributed by atoms with van der Waals surface area (Å²) in [4.78, 5) is 7.33. The maximum absolute atomic E-state index is 5.79. The Balaban J connectivity index is 2.50. The number of ether oxygens (including phenoxy) is 3. The van der Waals surface area contributed by atoms with Crippen molar-refractivity contribution in [1.29, 1.82) is 0 Å². The van der Waals surface area contributed by atoms with Crippen LogP contribution in [-0.2, 0) is 14.2 Å². The molecule has 0 radical (unpaired) electrons. The maximum atomic E-state index is 5.79. The molecule has 5 heteroatoms. The number of hydrogen-bond acceptors (Lipinski definition) is 3. The fourth-order valence-corrected chi connectivity index (χ4v) is 7.00. The van der Waals surface area contributed by atoms with Crippen LogP contribution in [-0.4, -0.2) is 47.0 Å². The predicted octanol–water partition coefficient (Wildman–Crippen LogP) is 4.77. The number of hydrogen-bond donors (Lipinski definition) is 0. The van der Waals surface area contributed by atoms with Gasteiger partial charge in [0.25, 0.3) is 0 Å². The third kappa shape index (κ3) is 7.24. The minimum atomic E-state index is -1.98. The summed E-state index contributed by atoms with van der Waals surface area (Å²) < 4.78 is 18.5. The van der Waals surface area contributed by atoms with Gasteiger partial charge in [0.2, 0.25) is 0 Å². The van der Waals surface area contributed by atoms with Crippen LogP contribution in [0, 0.1) is 0 Å². The van der Waals surface area contributed by atoms with Crippen molar-refractivity contribution < 1.29 is 14.2 Å². The quantitative estimate of drug-likeness (QED) is 0.322. The third-order valence-electron chi connectivity index (χ3n) is 3.70. The zero-order chi connectivity index (χ0) is 16.1. The summed E-state index contributed by atoms with van der Waals surface area (Å²) in [6, 6.07) is 1.18. The minimum absolute atomic E-state index is 0.342. The molecule has 0 aromatic rings. The van der Waals surface area contributed by atoms with E-state index in [-0.39, 0.29) is 0 Å². The van der Waals surface area contributed by atoms with E-state index in [0.717, 1.165) is 31.0 Å². The molecule has 0 aromatic heterocycles. The first-order chi connectivity index (χ1) is 9.63. The van der Waals surface area contributed by atoms with Gasteiger partial charge in [-0.15, -0.1) is 0 Å². The van der Waals surface area contributed by atoms with E-state index in [1.807, 2.05) is 0 Å². The monoisotopic (exact) mass is 420 g/mol. The molecule has 0 saturated heterocycles. The molecule has 0 aliphatic heterocycles. The molecule has 0 bridgehead atoms. The molecule has 1 aliphatic carbocycles. The fraction of sp³-hybridized carbons (Fsp3) is 0.750. The van der Waals surface area contributed by atoms with Crippen molar-refractivity contribution in [3.63, 3.8) is 0 Å². The van der Waals surface area contributed by atoms with E-state index in [4.69, 9.17) is 14.2 Å². The molecule has 0 N–H and O–H groups in total. The van der Waals surface area contributed by atoms with E-state index in [0.29, 0.717) is 6.79 Å². The van der Waals surface area contributed by atoms with Gasteiger partial charge in [-0.05, 0) is 0 Å². The Morgan fingerprint density at radius 1 is 1.14 bits per heavy atom. The SMILES string of the molecule is COC1=C(OCOCC[Si](C)(C)C)CC[C]([Sn]([CH3])([CH3])[CH3])=C1. The van der Waals surface area contributed by atoms with Crippen molar-refractivity contribution in [3.05, 3.63) is 21.2 Å². The van der Waals surface area contributed by atoms with E-state index in [2.05, 4.69) is 40.5 Å². The second kappa shape index (κ2) is 8.06. The van der Waals surface area contributed by atoms with Crippen LogP contribution >= 0.6 is 0 Å². The second-order valence-corrected chi connectivity index (χ2v) is 28.2. The molecule has 0 atom stereocenters. The van der Waals surface area contributed by atoms with Gasteiger partial charge in [0.05, 0.1) is 0 Å². The van der Waals surface area contributed by atoms with Gasteiger partial charge in [-0.25, -0.2) is 0 Å². The first-order valence-electron chi connectivity index (χ1n) is 7.82. The van der Waals surface area contributed by atoms with Gasteiger partial charge in [0.15, 0.2) is 0 Å². The molecular weight excluding hydrogens is 387 g/mol. The van der Waals surface area contributed by atoms with Gasteiger partial charge < -0.3 is 0 Å². The Morgan fingerprint density at radius 2 is 1.81 bits per heavy atom. The summed E-state index contributed by atoms with van der Waals surface area (Å²) in [7, 11) is 0.708. The van der Waals surface area contributed by atoms with E-state index < -0.39 is 26.5 Å². The van der Waals surface area contributed by atoms with E-state index in [1.54, 1.807) is 10.7 Å². The van der Waals surface area contributed by atoms with Gasteiger partial charge in [-0.2, -0.15) is 0 Å². The Hall–Kier alpha value is 0.0556. The van der Waals surface area contributed by atoms with Crippen molar-refractivity contribution in [3.8, 4) is 0 Å². The molecule has 1 aliphatic rings. The average molecular weight is 419 g/mol. The van der Waals surface area contributed by atoms with Crippen molar-refractivity contribution in [1.82, 2.24) is 0 Å². The molecule has 0 unspecified atom stereocenters. The van der Waals surface area contributed by atoms with E-state index in [9.17, 15) is 0 Å². The molecule has 0 heterocycles. The summed E-state index contributed by atoms with van der Waals surface area (Å²) in [6.45, 7) is 8.21. The van der Waals surface area contributed by atoms with Gasteiger partial charge in [-0.3, -0.25) is 0 Å². The average Bonchev–Trinajstić information content (AvgIpc) is 2.35. The summed E-state index contributed by atoms with van der Waals surface area (Å²) in [5, 5.41) is 0. The van der Waals surface area contributed by atoms with Crippen LogP contribution in [0.4, 0.5) is 0 Å². The molecule has 1 rings (SSSR count). The summed E-state index contributed by atoms with van der Waals surface area (Å²) in [6.07, 6.45) is 4.29. The predicted molar refractivity (Wildman–Crippen MR) is 94.8 cm³/mol. The molecule has 0 amide bonds. The van der Waals surface area contributed by atoms with Crippen molar-refractivity contribution in [2.24, 2.45) is 0 Å². The molecule has 0 fully saturated rings. The van der Waals surface area contributed by atoms with Gasteiger partial charge >= 0.3 is 136 Å². The van der Waals surface area contributed by atoms with Crippen LogP contribution < -0.4 is 0 Å². The summed E-state index contributed by atoms with van der Waals surface area (Å²) in [5.74, 6) is 1.85. The normalized spacial score (nSPS) is 16.8. The van der Waals surface area contributed by atoms with E-state index >= 15 is 0 Å². The van der Waals surface area contributed by atoms with Gasteiger partial charge in [0, 0.05) is 0 Å². The molecule has 0 spiro atoms. The first kappa shape index (κ1) is 19.1. The Bertz CT molecular complexity index is 403. The van der Waals surface area contributed by atoms with E-state index in [1.165, 1.54) is 6.04 Å². The zero-order valence-electron chi connectivity index (χ0n) is 14.8. The van der Waals surface area contributed by atoms with Crippen molar-refractivity contribution in [2.45, 2.75) is 53.3 Å². The molecule has 3 nitrogen and oxygen atoms in total. The Kier molecular flexibility index (Phi) is 7.33. The van der Waals surface area contributed by atoms with Crippen LogP contribution in [0.3, 0.4) is 0 Å². The standard InChI is InChI=1S/C13H23O3Si.3CH3.Sn/c1-14-12-7-5-6-8-13(12)16-11-15-9-10-17(2,3)4;;;;/h7H,6,8-11H2,1-4H3;3*1H3;. The van der Waals surface area contributed by atoms with Crippen LogP contribution in [0.5, 0.6) is 0 Å². The molecule has 21 heavy (non-hydrogen) atoms. The Labute approximate surface area is 135 Å². The van der Waals surface area contributed by atoms with Crippen molar-refractivity contribution in [2.75, 3.05) is 20.5 Å².